The smallest absolute Gasteiger partial charge is 0.374 e. The van der Waals surface area contributed by atoms with E-state index in [1.165, 1.54) is 0 Å². The second-order valence-corrected chi connectivity index (χ2v) is 3.35. The maximum absolute atomic E-state index is 12.2. The largest absolute Gasteiger partial charge is 0.395 e. The molecule has 0 fully saturated rings. The van der Waals surface area contributed by atoms with Crippen LogP contribution < -0.4 is 0 Å². The molecule has 0 saturated carbocycles. The van der Waals surface area contributed by atoms with Crippen molar-refractivity contribution in [2.45, 2.75) is 31.5 Å². The first kappa shape index (κ1) is 11.1. The summed E-state index contributed by atoms with van der Waals surface area (Å²) >= 11 is 0. The molecule has 0 aliphatic heterocycles. The molecule has 14 heavy (non-hydrogen) atoms. The van der Waals surface area contributed by atoms with E-state index in [2.05, 4.69) is 11.8 Å². The summed E-state index contributed by atoms with van der Waals surface area (Å²) in [6.07, 6.45) is -2.14. The molecule has 0 saturated heterocycles. The molecule has 0 spiro atoms. The van der Waals surface area contributed by atoms with Crippen molar-refractivity contribution in [3.8, 4) is 11.8 Å². The first-order valence-corrected chi connectivity index (χ1v) is 4.30. The van der Waals surface area contributed by atoms with Crippen molar-refractivity contribution in [1.82, 2.24) is 0 Å². The van der Waals surface area contributed by atoms with Crippen molar-refractivity contribution in [2.75, 3.05) is 0 Å². The van der Waals surface area contributed by atoms with Crippen molar-refractivity contribution in [3.05, 3.63) is 12.2 Å². The predicted molar refractivity (Wildman–Crippen MR) is 46.3 cm³/mol. The molecule has 2 atom stereocenters. The van der Waals surface area contributed by atoms with Gasteiger partial charge in [-0.1, -0.05) is 12.0 Å². The molecule has 0 heterocycles. The Morgan fingerprint density at radius 3 is 2.50 bits per heavy atom. The monoisotopic (exact) mass is 204 g/mol. The molecule has 1 N–H and O–H groups in total. The van der Waals surface area contributed by atoms with Crippen LogP contribution in [0.15, 0.2) is 12.2 Å². The maximum atomic E-state index is 12.2. The van der Waals surface area contributed by atoms with Gasteiger partial charge in [0.05, 0.1) is 5.92 Å². The van der Waals surface area contributed by atoms with E-state index >= 15 is 0 Å². The molecular weight excluding hydrogens is 193 g/mol. The van der Waals surface area contributed by atoms with Crippen LogP contribution in [0, 0.1) is 17.8 Å². The third-order valence-corrected chi connectivity index (χ3v) is 2.20. The quantitative estimate of drug-likeness (QED) is 0.474. The van der Waals surface area contributed by atoms with Crippen LogP contribution in [0.3, 0.4) is 0 Å². The lowest BCUT2D eigenvalue weighted by Gasteiger charge is -2.27. The Labute approximate surface area is 80.6 Å². The Morgan fingerprint density at radius 2 is 2.14 bits per heavy atom. The van der Waals surface area contributed by atoms with Gasteiger partial charge in [0.2, 0.25) is 0 Å². The molecule has 4 heteroatoms. The van der Waals surface area contributed by atoms with Gasteiger partial charge in [-0.3, -0.25) is 0 Å². The van der Waals surface area contributed by atoms with Crippen LogP contribution in [0.25, 0.3) is 0 Å². The fourth-order valence-corrected chi connectivity index (χ4v) is 1.42. The van der Waals surface area contributed by atoms with Gasteiger partial charge >= 0.3 is 6.18 Å². The Hall–Kier alpha value is -0.950. The summed E-state index contributed by atoms with van der Waals surface area (Å²) in [6.45, 7) is 1.54. The van der Waals surface area contributed by atoms with E-state index in [0.29, 0.717) is 0 Å². The van der Waals surface area contributed by atoms with Gasteiger partial charge in [0.1, 0.15) is 5.60 Å². The lowest BCUT2D eigenvalue weighted by molar-refractivity contribution is -0.166. The van der Waals surface area contributed by atoms with Crippen LogP contribution >= 0.6 is 0 Å². The molecule has 78 valence electrons. The van der Waals surface area contributed by atoms with E-state index in [4.69, 9.17) is 0 Å². The Balaban J connectivity index is 2.77. The van der Waals surface area contributed by atoms with Gasteiger partial charge in [-0.2, -0.15) is 13.2 Å². The van der Waals surface area contributed by atoms with E-state index in [9.17, 15) is 18.3 Å². The predicted octanol–water partition coefficient (Wildman–Crippen LogP) is 2.27. The summed E-state index contributed by atoms with van der Waals surface area (Å²) in [5.41, 5.74) is -1.36. The second kappa shape index (κ2) is 3.66. The van der Waals surface area contributed by atoms with Gasteiger partial charge in [-0.25, -0.2) is 0 Å². The highest BCUT2D eigenvalue weighted by Crippen LogP contribution is 2.36. The van der Waals surface area contributed by atoms with Gasteiger partial charge in [0.25, 0.3) is 0 Å². The van der Waals surface area contributed by atoms with Gasteiger partial charge in [-0.15, -0.1) is 5.92 Å². The Morgan fingerprint density at radius 1 is 1.50 bits per heavy atom. The first-order valence-electron chi connectivity index (χ1n) is 4.30. The van der Waals surface area contributed by atoms with Crippen LogP contribution in [0.1, 0.15) is 19.8 Å². The standard InChI is InChI=1S/C10H11F3O/c1-2-5-9(14)6-3-8(4-7-9)10(11,12)13/h3,6,8,14H,4,7H2,1H3. The van der Waals surface area contributed by atoms with Crippen LogP contribution in [-0.4, -0.2) is 16.9 Å². The van der Waals surface area contributed by atoms with E-state index in [1.807, 2.05) is 0 Å². The molecule has 0 aromatic rings. The highest BCUT2D eigenvalue weighted by molar-refractivity contribution is 5.24. The molecule has 1 aliphatic rings. The summed E-state index contributed by atoms with van der Waals surface area (Å²) in [7, 11) is 0. The number of rotatable bonds is 0. The van der Waals surface area contributed by atoms with Crippen LogP contribution in [0.4, 0.5) is 13.2 Å². The molecular formula is C10H11F3O. The minimum Gasteiger partial charge on any atom is -0.374 e. The average molecular weight is 204 g/mol. The lowest BCUT2D eigenvalue weighted by Crippen LogP contribution is -2.32. The van der Waals surface area contributed by atoms with Gasteiger partial charge in [0.15, 0.2) is 0 Å². The normalized spacial score (nSPS) is 32.2. The minimum absolute atomic E-state index is 0.0362. The van der Waals surface area contributed by atoms with E-state index in [-0.39, 0.29) is 12.8 Å². The summed E-state index contributed by atoms with van der Waals surface area (Å²) in [4.78, 5) is 0. The van der Waals surface area contributed by atoms with Crippen LogP contribution in [-0.2, 0) is 0 Å². The van der Waals surface area contributed by atoms with E-state index in [0.717, 1.165) is 12.2 Å². The molecule has 0 amide bonds. The Bertz CT molecular complexity index is 295. The minimum atomic E-state index is -4.21. The summed E-state index contributed by atoms with van der Waals surface area (Å²) in [5.74, 6) is 3.54. The molecule has 1 rings (SSSR count). The van der Waals surface area contributed by atoms with Crippen LogP contribution in [0.2, 0.25) is 0 Å². The molecule has 0 bridgehead atoms. The average Bonchev–Trinajstić information content (AvgIpc) is 2.03. The van der Waals surface area contributed by atoms with Gasteiger partial charge < -0.3 is 5.11 Å². The zero-order chi connectivity index (χ0) is 10.8. The van der Waals surface area contributed by atoms with Crippen molar-refractivity contribution in [2.24, 2.45) is 5.92 Å². The third kappa shape index (κ3) is 2.52. The number of hydrogen-bond donors (Lipinski definition) is 1. The fraction of sp³-hybridized carbons (Fsp3) is 0.600. The number of aliphatic hydroxyl groups is 1. The van der Waals surface area contributed by atoms with Crippen molar-refractivity contribution < 1.29 is 18.3 Å². The summed E-state index contributed by atoms with van der Waals surface area (Å²) in [5, 5.41) is 9.63. The molecule has 1 nitrogen and oxygen atoms in total. The summed E-state index contributed by atoms with van der Waals surface area (Å²) in [6, 6.07) is 0. The highest BCUT2D eigenvalue weighted by Gasteiger charge is 2.41. The van der Waals surface area contributed by atoms with Gasteiger partial charge in [-0.05, 0) is 25.8 Å². The second-order valence-electron chi connectivity index (χ2n) is 3.35. The number of hydrogen-bond acceptors (Lipinski definition) is 1. The SMILES string of the molecule is CC#CC1(O)C=CC(C(F)(F)F)CC1. The maximum Gasteiger partial charge on any atom is 0.395 e. The molecule has 0 radical (unpaired) electrons. The van der Waals surface area contributed by atoms with E-state index in [1.54, 1.807) is 6.92 Å². The van der Waals surface area contributed by atoms with Crippen LogP contribution in [0.5, 0.6) is 0 Å². The number of alkyl halides is 3. The fourth-order valence-electron chi connectivity index (χ4n) is 1.42. The van der Waals surface area contributed by atoms with Gasteiger partial charge in [0, 0.05) is 0 Å². The lowest BCUT2D eigenvalue weighted by atomic mass is 9.85. The number of allylic oxidation sites excluding steroid dienone is 1. The highest BCUT2D eigenvalue weighted by atomic mass is 19.4. The van der Waals surface area contributed by atoms with E-state index < -0.39 is 17.7 Å². The number of halogens is 3. The summed E-state index contributed by atoms with van der Waals surface area (Å²) < 4.78 is 36.6. The Kier molecular flexibility index (Phi) is 2.91. The van der Waals surface area contributed by atoms with Crippen molar-refractivity contribution in [1.29, 1.82) is 0 Å². The zero-order valence-corrected chi connectivity index (χ0v) is 7.73. The third-order valence-electron chi connectivity index (χ3n) is 2.20. The van der Waals surface area contributed by atoms with Crippen molar-refractivity contribution >= 4 is 0 Å². The molecule has 0 aromatic carbocycles. The topological polar surface area (TPSA) is 20.2 Å². The molecule has 1 aliphatic carbocycles. The molecule has 2 unspecified atom stereocenters. The zero-order valence-electron chi connectivity index (χ0n) is 7.73. The molecule has 0 aromatic heterocycles. The first-order chi connectivity index (χ1) is 6.37. The van der Waals surface area contributed by atoms with Crippen molar-refractivity contribution in [3.63, 3.8) is 0 Å².